The van der Waals surface area contributed by atoms with Gasteiger partial charge in [-0.25, -0.2) is 0 Å². The summed E-state index contributed by atoms with van der Waals surface area (Å²) in [7, 11) is 3.30. The minimum atomic E-state index is 0.800. The average Bonchev–Trinajstić information content (AvgIpc) is 2.34. The lowest BCUT2D eigenvalue weighted by atomic mass is 10.2. The minimum Gasteiger partial charge on any atom is -0.497 e. The fourth-order valence-electron chi connectivity index (χ4n) is 1.41. The third-order valence-electron chi connectivity index (χ3n) is 2.28. The maximum absolute atomic E-state index is 5.28. The van der Waals surface area contributed by atoms with Crippen molar-refractivity contribution in [3.63, 3.8) is 0 Å². The highest BCUT2D eigenvalue weighted by Gasteiger charge is 2.03. The summed E-state index contributed by atoms with van der Waals surface area (Å²) < 4.78 is 10.4. The molecule has 0 radical (unpaired) electrons. The molecule has 0 amide bonds. The van der Waals surface area contributed by atoms with E-state index in [0.29, 0.717) is 0 Å². The number of methoxy groups -OCH3 is 2. The molecule has 1 aromatic rings. The van der Waals surface area contributed by atoms with Crippen molar-refractivity contribution in [2.45, 2.75) is 6.92 Å². The second kappa shape index (κ2) is 6.95. The van der Waals surface area contributed by atoms with Crippen molar-refractivity contribution < 1.29 is 9.47 Å². The maximum Gasteiger partial charge on any atom is 0.145 e. The number of hydrogen-bond donors (Lipinski definition) is 2. The van der Waals surface area contributed by atoms with Gasteiger partial charge in [0.2, 0.25) is 0 Å². The molecular formula is C12H20N2O2. The van der Waals surface area contributed by atoms with Gasteiger partial charge in [0.25, 0.3) is 0 Å². The standard InChI is InChI=1S/C12H20N2O2/c1-4-13-7-8-14-11-6-5-10(15-2)9-12(11)16-3/h5-6,9,13-14H,4,7-8H2,1-3H3. The molecule has 0 aliphatic heterocycles. The molecule has 1 rings (SSSR count). The van der Waals surface area contributed by atoms with Crippen molar-refractivity contribution >= 4 is 5.69 Å². The molecule has 0 aromatic heterocycles. The van der Waals surface area contributed by atoms with Gasteiger partial charge in [-0.05, 0) is 18.7 Å². The normalized spacial score (nSPS) is 9.94. The van der Waals surface area contributed by atoms with Crippen LogP contribution >= 0.6 is 0 Å². The quantitative estimate of drug-likeness (QED) is 0.692. The molecule has 0 aliphatic rings. The third kappa shape index (κ3) is 3.62. The van der Waals surface area contributed by atoms with Gasteiger partial charge in [-0.2, -0.15) is 0 Å². The Hall–Kier alpha value is -1.42. The Kier molecular flexibility index (Phi) is 5.50. The van der Waals surface area contributed by atoms with Gasteiger partial charge in [0.15, 0.2) is 0 Å². The lowest BCUT2D eigenvalue weighted by Crippen LogP contribution is -2.21. The summed E-state index contributed by atoms with van der Waals surface area (Å²) in [6, 6.07) is 5.75. The topological polar surface area (TPSA) is 42.5 Å². The molecule has 2 N–H and O–H groups in total. The van der Waals surface area contributed by atoms with Crippen molar-refractivity contribution in [2.75, 3.05) is 39.2 Å². The summed E-state index contributed by atoms with van der Waals surface area (Å²) in [5.74, 6) is 1.60. The second-order valence-corrected chi connectivity index (χ2v) is 3.35. The van der Waals surface area contributed by atoms with Gasteiger partial charge in [-0.1, -0.05) is 6.92 Å². The molecule has 4 nitrogen and oxygen atoms in total. The van der Waals surface area contributed by atoms with E-state index in [1.807, 2.05) is 18.2 Å². The molecule has 90 valence electrons. The van der Waals surface area contributed by atoms with Gasteiger partial charge in [-0.3, -0.25) is 0 Å². The smallest absolute Gasteiger partial charge is 0.145 e. The van der Waals surface area contributed by atoms with E-state index in [1.165, 1.54) is 0 Å². The number of anilines is 1. The first kappa shape index (κ1) is 12.6. The van der Waals surface area contributed by atoms with Gasteiger partial charge in [0.05, 0.1) is 19.9 Å². The van der Waals surface area contributed by atoms with E-state index >= 15 is 0 Å². The summed E-state index contributed by atoms with van der Waals surface area (Å²) in [6.07, 6.45) is 0. The van der Waals surface area contributed by atoms with Crippen molar-refractivity contribution in [1.82, 2.24) is 5.32 Å². The van der Waals surface area contributed by atoms with Crippen LogP contribution in [0.5, 0.6) is 11.5 Å². The van der Waals surface area contributed by atoms with Gasteiger partial charge >= 0.3 is 0 Å². The van der Waals surface area contributed by atoms with Crippen LogP contribution in [0.3, 0.4) is 0 Å². The maximum atomic E-state index is 5.28. The van der Waals surface area contributed by atoms with E-state index in [0.717, 1.165) is 36.8 Å². The zero-order valence-corrected chi connectivity index (χ0v) is 10.2. The predicted octanol–water partition coefficient (Wildman–Crippen LogP) is 1.73. The predicted molar refractivity (Wildman–Crippen MR) is 66.6 cm³/mol. The molecule has 0 bridgehead atoms. The molecule has 1 aromatic carbocycles. The van der Waals surface area contributed by atoms with E-state index < -0.39 is 0 Å². The van der Waals surface area contributed by atoms with Crippen LogP contribution in [0.15, 0.2) is 18.2 Å². The summed E-state index contributed by atoms with van der Waals surface area (Å²) in [5.41, 5.74) is 0.987. The van der Waals surface area contributed by atoms with E-state index in [9.17, 15) is 0 Å². The lowest BCUT2D eigenvalue weighted by molar-refractivity contribution is 0.395. The van der Waals surface area contributed by atoms with Crippen molar-refractivity contribution in [1.29, 1.82) is 0 Å². The second-order valence-electron chi connectivity index (χ2n) is 3.35. The molecule has 0 saturated carbocycles. The van der Waals surface area contributed by atoms with E-state index in [2.05, 4.69) is 17.6 Å². The Morgan fingerprint density at radius 3 is 2.56 bits per heavy atom. The molecule has 0 spiro atoms. The molecule has 0 heterocycles. The lowest BCUT2D eigenvalue weighted by Gasteiger charge is -2.12. The van der Waals surface area contributed by atoms with Crippen LogP contribution in [-0.2, 0) is 0 Å². The Morgan fingerprint density at radius 2 is 1.94 bits per heavy atom. The molecule has 0 atom stereocenters. The first-order chi connectivity index (χ1) is 7.81. The number of ether oxygens (including phenoxy) is 2. The van der Waals surface area contributed by atoms with Crippen LogP contribution in [0, 0.1) is 0 Å². The molecular weight excluding hydrogens is 204 g/mol. The molecule has 16 heavy (non-hydrogen) atoms. The van der Waals surface area contributed by atoms with Crippen LogP contribution in [0.1, 0.15) is 6.92 Å². The zero-order valence-electron chi connectivity index (χ0n) is 10.2. The van der Waals surface area contributed by atoms with Gasteiger partial charge in [0.1, 0.15) is 11.5 Å². The highest BCUT2D eigenvalue weighted by atomic mass is 16.5. The van der Waals surface area contributed by atoms with Crippen molar-refractivity contribution in [3.8, 4) is 11.5 Å². The number of likely N-dealkylation sites (N-methyl/N-ethyl adjacent to an activating group) is 1. The van der Waals surface area contributed by atoms with Crippen LogP contribution in [-0.4, -0.2) is 33.9 Å². The fourth-order valence-corrected chi connectivity index (χ4v) is 1.41. The largest absolute Gasteiger partial charge is 0.497 e. The number of benzene rings is 1. The van der Waals surface area contributed by atoms with Crippen LogP contribution < -0.4 is 20.1 Å². The molecule has 4 heteroatoms. The molecule has 0 fully saturated rings. The Bertz CT molecular complexity index is 316. The molecule has 0 unspecified atom stereocenters. The summed E-state index contributed by atoms with van der Waals surface area (Å²) in [5, 5.41) is 6.56. The Labute approximate surface area is 96.9 Å². The van der Waals surface area contributed by atoms with Crippen molar-refractivity contribution in [2.24, 2.45) is 0 Å². The molecule has 0 saturated heterocycles. The zero-order chi connectivity index (χ0) is 11.8. The number of rotatable bonds is 7. The van der Waals surface area contributed by atoms with Crippen LogP contribution in [0.2, 0.25) is 0 Å². The van der Waals surface area contributed by atoms with Crippen LogP contribution in [0.25, 0.3) is 0 Å². The average molecular weight is 224 g/mol. The first-order valence-corrected chi connectivity index (χ1v) is 5.48. The highest BCUT2D eigenvalue weighted by molar-refractivity contribution is 5.59. The Morgan fingerprint density at radius 1 is 1.12 bits per heavy atom. The first-order valence-electron chi connectivity index (χ1n) is 5.48. The third-order valence-corrected chi connectivity index (χ3v) is 2.28. The van der Waals surface area contributed by atoms with Gasteiger partial charge < -0.3 is 20.1 Å². The Balaban J connectivity index is 2.57. The van der Waals surface area contributed by atoms with E-state index in [4.69, 9.17) is 9.47 Å². The monoisotopic (exact) mass is 224 g/mol. The van der Waals surface area contributed by atoms with E-state index in [1.54, 1.807) is 14.2 Å². The van der Waals surface area contributed by atoms with E-state index in [-0.39, 0.29) is 0 Å². The molecule has 0 aliphatic carbocycles. The van der Waals surface area contributed by atoms with Gasteiger partial charge in [-0.15, -0.1) is 0 Å². The summed E-state index contributed by atoms with van der Waals surface area (Å²) in [4.78, 5) is 0. The van der Waals surface area contributed by atoms with Gasteiger partial charge in [0, 0.05) is 19.2 Å². The SMILES string of the molecule is CCNCCNc1ccc(OC)cc1OC. The van der Waals surface area contributed by atoms with Crippen molar-refractivity contribution in [3.05, 3.63) is 18.2 Å². The minimum absolute atomic E-state index is 0.800. The summed E-state index contributed by atoms with van der Waals surface area (Å²) >= 11 is 0. The number of nitrogens with one attached hydrogen (secondary N) is 2. The summed E-state index contributed by atoms with van der Waals surface area (Å²) in [6.45, 7) is 4.89. The fraction of sp³-hybridized carbons (Fsp3) is 0.500. The van der Waals surface area contributed by atoms with Crippen LogP contribution in [0.4, 0.5) is 5.69 Å². The number of hydrogen-bond acceptors (Lipinski definition) is 4. The highest BCUT2D eigenvalue weighted by Crippen LogP contribution is 2.28.